The molecule has 1 N–H and O–H groups in total. The molecule has 0 atom stereocenters. The van der Waals surface area contributed by atoms with Crippen LogP contribution in [0.15, 0.2) is 158 Å². The van der Waals surface area contributed by atoms with Gasteiger partial charge in [-0.1, -0.05) is 114 Å². The summed E-state index contributed by atoms with van der Waals surface area (Å²) in [5, 5.41) is 13.3. The number of benzene rings is 6. The Labute approximate surface area is 319 Å². The van der Waals surface area contributed by atoms with Gasteiger partial charge in [0.2, 0.25) is 0 Å². The molecule has 0 radical (unpaired) electrons. The monoisotopic (exact) mass is 853 g/mol. The van der Waals surface area contributed by atoms with Gasteiger partial charge in [-0.05, 0) is 102 Å². The van der Waals surface area contributed by atoms with Crippen LogP contribution in [0.5, 0.6) is 5.75 Å². The number of hydrogen-bond acceptors (Lipinski definition) is 4. The Morgan fingerprint density at radius 1 is 0.596 bits per heavy atom. The maximum atomic E-state index is 11.0. The fourth-order valence-electron chi connectivity index (χ4n) is 7.15. The fraction of sp³-hybridized carbons (Fsp3) is 0.0638. The van der Waals surface area contributed by atoms with E-state index in [1.54, 1.807) is 6.07 Å². The molecule has 2 aromatic heterocycles. The van der Waals surface area contributed by atoms with Gasteiger partial charge in [-0.2, -0.15) is 0 Å². The Morgan fingerprint density at radius 2 is 1.29 bits per heavy atom. The van der Waals surface area contributed by atoms with Gasteiger partial charge in [-0.15, -0.1) is 23.8 Å². The molecule has 52 heavy (non-hydrogen) atoms. The van der Waals surface area contributed by atoms with Gasteiger partial charge in [0.15, 0.2) is 0 Å². The molecule has 0 saturated carbocycles. The summed E-state index contributed by atoms with van der Waals surface area (Å²) in [5.74, 6) is 0.967. The van der Waals surface area contributed by atoms with Gasteiger partial charge in [-0.25, -0.2) is 4.98 Å². The average molecular weight is 854 g/mol. The van der Waals surface area contributed by atoms with Crippen molar-refractivity contribution in [3.05, 3.63) is 181 Å². The first-order chi connectivity index (χ1) is 24.9. The number of rotatable bonds is 7. The molecule has 0 amide bonds. The van der Waals surface area contributed by atoms with E-state index in [9.17, 15) is 5.11 Å². The molecule has 6 aromatic carbocycles. The minimum atomic E-state index is 0. The van der Waals surface area contributed by atoms with Crippen LogP contribution >= 0.6 is 0 Å². The van der Waals surface area contributed by atoms with Crippen LogP contribution in [0.1, 0.15) is 16.7 Å². The van der Waals surface area contributed by atoms with E-state index in [0.717, 1.165) is 61.5 Å². The first-order valence-corrected chi connectivity index (χ1v) is 17.1. The Kier molecular flexibility index (Phi) is 9.85. The van der Waals surface area contributed by atoms with Gasteiger partial charge in [-0.3, -0.25) is 4.98 Å². The van der Waals surface area contributed by atoms with Crippen molar-refractivity contribution in [3.8, 4) is 50.5 Å². The van der Waals surface area contributed by atoms with E-state index >= 15 is 0 Å². The zero-order valence-corrected chi connectivity index (χ0v) is 31.4. The largest absolute Gasteiger partial charge is 0.507 e. The molecule has 0 unspecified atom stereocenters. The molecular formula is C47H36N3OPt-. The molecular weight excluding hydrogens is 818 g/mol. The Bertz CT molecular complexity index is 2500. The first-order valence-electron chi connectivity index (χ1n) is 17.1. The number of aryl methyl sites for hydroxylation is 3. The van der Waals surface area contributed by atoms with E-state index in [0.29, 0.717) is 11.3 Å². The van der Waals surface area contributed by atoms with Gasteiger partial charge in [0, 0.05) is 38.2 Å². The zero-order valence-electron chi connectivity index (χ0n) is 29.1. The molecule has 5 heteroatoms. The number of fused-ring (bicyclic) bond motifs is 1. The Balaban J connectivity index is 0.00000420. The third-order valence-electron chi connectivity index (χ3n) is 9.34. The van der Waals surface area contributed by atoms with Crippen molar-refractivity contribution >= 4 is 28.0 Å². The molecule has 256 valence electrons. The van der Waals surface area contributed by atoms with Crippen molar-refractivity contribution in [1.82, 2.24) is 9.97 Å². The minimum Gasteiger partial charge on any atom is -0.507 e. The summed E-state index contributed by atoms with van der Waals surface area (Å²) in [7, 11) is 0. The van der Waals surface area contributed by atoms with Crippen molar-refractivity contribution in [3.63, 3.8) is 0 Å². The number of aromatic hydroxyl groups is 1. The van der Waals surface area contributed by atoms with Crippen molar-refractivity contribution in [2.24, 2.45) is 0 Å². The van der Waals surface area contributed by atoms with Crippen LogP contribution in [-0.4, -0.2) is 15.1 Å². The fourth-order valence-corrected chi connectivity index (χ4v) is 7.15. The maximum Gasteiger partial charge on any atom is 0.136 e. The third-order valence-corrected chi connectivity index (χ3v) is 9.34. The molecule has 8 aromatic rings. The van der Waals surface area contributed by atoms with E-state index in [4.69, 9.17) is 9.97 Å². The number of aromatic nitrogens is 2. The SMILES string of the molecule is Cc1cc(C)c(-c2cc(-c3[c-]c(N(c4ccccn4)c4cccc5ccccc45)cc(-c4ccccc4)c3)nc(-c3ccccc3O)c2)c(C)c1.[Pt]. The topological polar surface area (TPSA) is 49.2 Å². The first kappa shape index (κ1) is 34.6. The molecule has 0 fully saturated rings. The number of para-hydroxylation sites is 1. The molecule has 4 nitrogen and oxygen atoms in total. The number of nitrogens with zero attached hydrogens (tertiary/aromatic N) is 3. The molecule has 0 bridgehead atoms. The van der Waals surface area contributed by atoms with Gasteiger partial charge in [0.05, 0.1) is 11.4 Å². The van der Waals surface area contributed by atoms with Crippen LogP contribution in [0.2, 0.25) is 0 Å². The molecule has 0 aliphatic rings. The summed E-state index contributed by atoms with van der Waals surface area (Å²) >= 11 is 0. The third kappa shape index (κ3) is 6.78. The smallest absolute Gasteiger partial charge is 0.136 e. The molecule has 0 spiro atoms. The number of hydrogen-bond donors (Lipinski definition) is 1. The molecule has 0 saturated heterocycles. The van der Waals surface area contributed by atoms with Crippen LogP contribution in [-0.2, 0) is 21.1 Å². The average Bonchev–Trinajstić information content (AvgIpc) is 3.15. The maximum absolute atomic E-state index is 11.0. The normalized spacial score (nSPS) is 10.9. The van der Waals surface area contributed by atoms with Crippen LogP contribution in [0.3, 0.4) is 0 Å². The van der Waals surface area contributed by atoms with E-state index in [-0.39, 0.29) is 26.8 Å². The predicted octanol–water partition coefficient (Wildman–Crippen LogP) is 12.2. The number of anilines is 3. The summed E-state index contributed by atoms with van der Waals surface area (Å²) in [5.41, 5.74) is 12.7. The number of phenols is 1. The zero-order chi connectivity index (χ0) is 34.9. The summed E-state index contributed by atoms with van der Waals surface area (Å²) in [6, 6.07) is 55.4. The van der Waals surface area contributed by atoms with Crippen LogP contribution in [0.4, 0.5) is 17.2 Å². The van der Waals surface area contributed by atoms with E-state index in [1.165, 1.54) is 16.7 Å². The summed E-state index contributed by atoms with van der Waals surface area (Å²) in [6.07, 6.45) is 1.82. The van der Waals surface area contributed by atoms with Gasteiger partial charge < -0.3 is 10.0 Å². The Morgan fingerprint density at radius 3 is 2.06 bits per heavy atom. The van der Waals surface area contributed by atoms with Crippen molar-refractivity contribution in [1.29, 1.82) is 0 Å². The van der Waals surface area contributed by atoms with Crippen LogP contribution < -0.4 is 4.90 Å². The molecule has 0 aliphatic carbocycles. The van der Waals surface area contributed by atoms with Crippen LogP contribution in [0.25, 0.3) is 55.5 Å². The predicted molar refractivity (Wildman–Crippen MR) is 211 cm³/mol. The number of pyridine rings is 2. The second-order valence-corrected chi connectivity index (χ2v) is 13.0. The van der Waals surface area contributed by atoms with Crippen LogP contribution in [0, 0.1) is 26.8 Å². The summed E-state index contributed by atoms with van der Waals surface area (Å²) < 4.78 is 0. The molecule has 2 heterocycles. The van der Waals surface area contributed by atoms with Crippen molar-refractivity contribution in [2.75, 3.05) is 4.90 Å². The van der Waals surface area contributed by atoms with Gasteiger partial charge in [0.1, 0.15) is 11.6 Å². The second kappa shape index (κ2) is 14.8. The second-order valence-electron chi connectivity index (χ2n) is 13.0. The summed E-state index contributed by atoms with van der Waals surface area (Å²) in [4.78, 5) is 12.3. The standard InChI is InChI=1S/C47H36N3O.Pt/c1-31-24-32(2)47(33(3)25-31)38-29-42(49-43(30-38)41-19-9-10-21-45(41)51)37-26-36(34-14-5-4-6-15-34)27-39(28-37)50(46-22-11-12-23-48-46)44-20-13-17-35-16-7-8-18-40(35)44;/h4-27,29-30,51H,1-3H3;/q-1;. The van der Waals surface area contributed by atoms with Gasteiger partial charge >= 0.3 is 0 Å². The van der Waals surface area contributed by atoms with Crippen molar-refractivity contribution in [2.45, 2.75) is 20.8 Å². The van der Waals surface area contributed by atoms with Crippen molar-refractivity contribution < 1.29 is 26.2 Å². The van der Waals surface area contributed by atoms with E-state index in [2.05, 4.69) is 135 Å². The molecule has 8 rings (SSSR count). The van der Waals surface area contributed by atoms with E-state index in [1.807, 2.05) is 48.7 Å². The number of phenolic OH excluding ortho intramolecular Hbond substituents is 1. The summed E-state index contributed by atoms with van der Waals surface area (Å²) in [6.45, 7) is 6.44. The van der Waals surface area contributed by atoms with E-state index < -0.39 is 0 Å². The van der Waals surface area contributed by atoms with Gasteiger partial charge in [0.25, 0.3) is 0 Å². The quantitative estimate of drug-likeness (QED) is 0.162. The Hall–Kier alpha value is -5.83. The minimum absolute atomic E-state index is 0. The molecule has 0 aliphatic heterocycles.